The Hall–Kier alpha value is 0.0500. The number of rotatable bonds is 3. The zero-order valence-corrected chi connectivity index (χ0v) is 13.5. The summed E-state index contributed by atoms with van der Waals surface area (Å²) in [5.74, 6) is 0. The summed E-state index contributed by atoms with van der Waals surface area (Å²) in [6, 6.07) is 4.74. The van der Waals surface area contributed by atoms with Gasteiger partial charge >= 0.3 is 0 Å². The summed E-state index contributed by atoms with van der Waals surface area (Å²) in [6.07, 6.45) is 1.50. The summed E-state index contributed by atoms with van der Waals surface area (Å²) in [6.45, 7) is 0.331. The van der Waals surface area contributed by atoms with Gasteiger partial charge in [0.1, 0.15) is 0 Å². The lowest BCUT2D eigenvalue weighted by molar-refractivity contribution is 0.213. The molecule has 2 rings (SSSR count). The van der Waals surface area contributed by atoms with Gasteiger partial charge in [-0.2, -0.15) is 4.31 Å². The van der Waals surface area contributed by atoms with E-state index in [1.54, 1.807) is 18.2 Å². The van der Waals surface area contributed by atoms with Crippen LogP contribution in [-0.4, -0.2) is 37.0 Å². The molecule has 1 N–H and O–H groups in total. The Bertz CT molecular complexity index is 547. The van der Waals surface area contributed by atoms with Gasteiger partial charge in [0, 0.05) is 21.5 Å². The monoisotopic (exact) mass is 397 g/mol. The molecule has 1 aromatic rings. The number of halogens is 2. The molecule has 0 amide bonds. The zero-order valence-electron chi connectivity index (χ0n) is 9.51. The molecule has 7 heteroatoms. The molecular formula is C11H13Br2NO3S. The Morgan fingerprint density at radius 1 is 1.39 bits per heavy atom. The number of hydrogen-bond donors (Lipinski definition) is 1. The molecule has 1 atom stereocenters. The number of aliphatic hydroxyl groups excluding tert-OH is 1. The first-order chi connectivity index (χ1) is 8.46. The van der Waals surface area contributed by atoms with Crippen LogP contribution in [0.5, 0.6) is 0 Å². The zero-order chi connectivity index (χ0) is 13.3. The SMILES string of the molecule is O=S(=O)(c1cc(Br)ccc1Br)N1CCC[C@H]1CO. The van der Waals surface area contributed by atoms with Crippen LogP contribution in [0, 0.1) is 0 Å². The van der Waals surface area contributed by atoms with Crippen LogP contribution in [0.4, 0.5) is 0 Å². The number of aliphatic hydroxyl groups is 1. The van der Waals surface area contributed by atoms with E-state index in [0.29, 0.717) is 21.9 Å². The summed E-state index contributed by atoms with van der Waals surface area (Å²) in [5.41, 5.74) is 0. The van der Waals surface area contributed by atoms with E-state index in [2.05, 4.69) is 31.9 Å². The Labute approximate surface area is 123 Å². The number of sulfonamides is 1. The van der Waals surface area contributed by atoms with E-state index < -0.39 is 10.0 Å². The summed E-state index contributed by atoms with van der Waals surface area (Å²) >= 11 is 6.54. The summed E-state index contributed by atoms with van der Waals surface area (Å²) in [7, 11) is -3.56. The minimum atomic E-state index is -3.56. The predicted octanol–water partition coefficient (Wildman–Crippen LogP) is 2.36. The Morgan fingerprint density at radius 3 is 2.78 bits per heavy atom. The predicted molar refractivity (Wildman–Crippen MR) is 75.8 cm³/mol. The molecule has 1 heterocycles. The summed E-state index contributed by atoms with van der Waals surface area (Å²) < 4.78 is 27.7. The van der Waals surface area contributed by atoms with Gasteiger partial charge in [-0.15, -0.1) is 0 Å². The van der Waals surface area contributed by atoms with Crippen molar-refractivity contribution in [2.75, 3.05) is 13.2 Å². The van der Waals surface area contributed by atoms with Crippen LogP contribution in [0.25, 0.3) is 0 Å². The van der Waals surface area contributed by atoms with Crippen molar-refractivity contribution < 1.29 is 13.5 Å². The first kappa shape index (κ1) is 14.5. The second-order valence-corrected chi connectivity index (χ2v) is 7.80. The van der Waals surface area contributed by atoms with Crippen LogP contribution in [-0.2, 0) is 10.0 Å². The van der Waals surface area contributed by atoms with Gasteiger partial charge in [-0.25, -0.2) is 8.42 Å². The number of nitrogens with zero attached hydrogens (tertiary/aromatic N) is 1. The largest absolute Gasteiger partial charge is 0.395 e. The fourth-order valence-corrected chi connectivity index (χ4v) is 5.26. The van der Waals surface area contributed by atoms with Gasteiger partial charge in [0.25, 0.3) is 0 Å². The second kappa shape index (κ2) is 5.58. The maximum absolute atomic E-state index is 12.5. The highest BCUT2D eigenvalue weighted by atomic mass is 79.9. The molecule has 1 saturated heterocycles. The first-order valence-corrected chi connectivity index (χ1v) is 8.57. The van der Waals surface area contributed by atoms with E-state index in [1.807, 2.05) is 0 Å². The molecule has 100 valence electrons. The number of hydrogen-bond acceptors (Lipinski definition) is 3. The van der Waals surface area contributed by atoms with Crippen molar-refractivity contribution >= 4 is 41.9 Å². The Morgan fingerprint density at radius 2 is 2.11 bits per heavy atom. The lowest BCUT2D eigenvalue weighted by atomic mass is 10.2. The molecule has 0 radical (unpaired) electrons. The lowest BCUT2D eigenvalue weighted by Crippen LogP contribution is -2.37. The molecule has 0 aliphatic carbocycles. The maximum atomic E-state index is 12.5. The fraction of sp³-hybridized carbons (Fsp3) is 0.455. The van der Waals surface area contributed by atoms with Gasteiger partial charge in [-0.3, -0.25) is 0 Å². The molecule has 1 aromatic carbocycles. The van der Waals surface area contributed by atoms with Gasteiger partial charge in [0.2, 0.25) is 10.0 Å². The minimum absolute atomic E-state index is 0.134. The molecule has 1 aliphatic heterocycles. The Balaban J connectivity index is 2.45. The average molecular weight is 399 g/mol. The smallest absolute Gasteiger partial charge is 0.244 e. The fourth-order valence-electron chi connectivity index (χ4n) is 2.11. The van der Waals surface area contributed by atoms with Crippen molar-refractivity contribution in [3.8, 4) is 0 Å². The molecule has 18 heavy (non-hydrogen) atoms. The standard InChI is InChI=1S/C11H13Br2NO3S/c12-8-3-4-10(13)11(6-8)18(16,17)14-5-1-2-9(14)7-15/h3-4,6,9,15H,1-2,5,7H2/t9-/m0/s1. The van der Waals surface area contributed by atoms with Crippen LogP contribution in [0.2, 0.25) is 0 Å². The van der Waals surface area contributed by atoms with E-state index >= 15 is 0 Å². The van der Waals surface area contributed by atoms with Gasteiger partial charge < -0.3 is 5.11 Å². The van der Waals surface area contributed by atoms with Crippen molar-refractivity contribution in [1.29, 1.82) is 0 Å². The highest BCUT2D eigenvalue weighted by molar-refractivity contribution is 9.11. The molecule has 0 aromatic heterocycles. The third kappa shape index (κ3) is 2.65. The third-order valence-electron chi connectivity index (χ3n) is 3.01. The molecule has 0 spiro atoms. The highest BCUT2D eigenvalue weighted by Gasteiger charge is 2.35. The van der Waals surface area contributed by atoms with Crippen molar-refractivity contribution in [1.82, 2.24) is 4.31 Å². The van der Waals surface area contributed by atoms with Crippen molar-refractivity contribution in [2.24, 2.45) is 0 Å². The van der Waals surface area contributed by atoms with E-state index in [1.165, 1.54) is 4.31 Å². The molecular weight excluding hydrogens is 386 g/mol. The highest BCUT2D eigenvalue weighted by Crippen LogP contribution is 2.31. The Kier molecular flexibility index (Phi) is 4.48. The summed E-state index contributed by atoms with van der Waals surface area (Å²) in [5, 5.41) is 9.24. The maximum Gasteiger partial charge on any atom is 0.244 e. The van der Waals surface area contributed by atoms with E-state index in [-0.39, 0.29) is 17.5 Å². The molecule has 0 bridgehead atoms. The van der Waals surface area contributed by atoms with Crippen LogP contribution in [0.3, 0.4) is 0 Å². The van der Waals surface area contributed by atoms with Crippen LogP contribution in [0.15, 0.2) is 32.0 Å². The topological polar surface area (TPSA) is 57.6 Å². The van der Waals surface area contributed by atoms with Crippen molar-refractivity contribution in [2.45, 2.75) is 23.8 Å². The average Bonchev–Trinajstić information content (AvgIpc) is 2.81. The molecule has 1 fully saturated rings. The minimum Gasteiger partial charge on any atom is -0.395 e. The van der Waals surface area contributed by atoms with Crippen molar-refractivity contribution in [3.63, 3.8) is 0 Å². The molecule has 0 saturated carbocycles. The van der Waals surface area contributed by atoms with Crippen molar-refractivity contribution in [3.05, 3.63) is 27.1 Å². The molecule has 4 nitrogen and oxygen atoms in total. The van der Waals surface area contributed by atoms with E-state index in [4.69, 9.17) is 0 Å². The van der Waals surface area contributed by atoms with Crippen LogP contribution < -0.4 is 0 Å². The van der Waals surface area contributed by atoms with Gasteiger partial charge in [-0.05, 0) is 47.0 Å². The normalized spacial score (nSPS) is 21.4. The van der Waals surface area contributed by atoms with Gasteiger partial charge in [-0.1, -0.05) is 15.9 Å². The quantitative estimate of drug-likeness (QED) is 0.850. The van der Waals surface area contributed by atoms with E-state index in [0.717, 1.165) is 6.42 Å². The van der Waals surface area contributed by atoms with Crippen LogP contribution in [0.1, 0.15) is 12.8 Å². The van der Waals surface area contributed by atoms with Crippen LogP contribution >= 0.6 is 31.9 Å². The van der Waals surface area contributed by atoms with E-state index in [9.17, 15) is 13.5 Å². The number of benzene rings is 1. The van der Waals surface area contributed by atoms with Gasteiger partial charge in [0.15, 0.2) is 0 Å². The third-order valence-corrected chi connectivity index (χ3v) is 6.45. The second-order valence-electron chi connectivity index (χ2n) is 4.17. The molecule has 1 aliphatic rings. The van der Waals surface area contributed by atoms with Gasteiger partial charge in [0.05, 0.1) is 11.5 Å². The summed E-state index contributed by atoms with van der Waals surface area (Å²) in [4.78, 5) is 0.234. The molecule has 0 unspecified atom stereocenters. The first-order valence-electron chi connectivity index (χ1n) is 5.54. The lowest BCUT2D eigenvalue weighted by Gasteiger charge is -2.23.